The number of rotatable bonds is 3. The number of carboxylic acid groups (broad SMARTS) is 1. The van der Waals surface area contributed by atoms with Crippen LogP contribution in [0.5, 0.6) is 0 Å². The zero-order chi connectivity index (χ0) is 15.6. The van der Waals surface area contributed by atoms with E-state index in [1.807, 2.05) is 0 Å². The first-order valence-corrected chi connectivity index (χ1v) is 7.56. The van der Waals surface area contributed by atoms with Crippen LogP contribution < -0.4 is 5.32 Å². The number of aliphatic hydroxyl groups excluding tert-OH is 1. The van der Waals surface area contributed by atoms with Crippen LogP contribution in [0.3, 0.4) is 0 Å². The lowest BCUT2D eigenvalue weighted by Crippen LogP contribution is -2.58. The van der Waals surface area contributed by atoms with Gasteiger partial charge in [0.1, 0.15) is 0 Å². The van der Waals surface area contributed by atoms with E-state index in [2.05, 4.69) is 17.3 Å². The highest BCUT2D eigenvalue weighted by atomic mass is 16.4. The van der Waals surface area contributed by atoms with E-state index in [1.165, 1.54) is 6.92 Å². The molecule has 0 bridgehead atoms. The number of carbonyl (C=O) groups is 2. The van der Waals surface area contributed by atoms with E-state index in [1.54, 1.807) is 4.90 Å². The van der Waals surface area contributed by atoms with Crippen LogP contribution in [0.4, 0.5) is 4.79 Å². The molecule has 4 atom stereocenters. The van der Waals surface area contributed by atoms with E-state index in [0.717, 1.165) is 25.8 Å². The number of aliphatic carboxylic acids is 1. The Morgan fingerprint density at radius 1 is 1.29 bits per heavy atom. The molecule has 2 saturated heterocycles. The van der Waals surface area contributed by atoms with Crippen molar-refractivity contribution in [2.45, 2.75) is 44.4 Å². The van der Waals surface area contributed by atoms with Crippen molar-refractivity contribution in [3.05, 3.63) is 0 Å². The van der Waals surface area contributed by atoms with Crippen LogP contribution in [0.1, 0.15) is 26.2 Å². The molecule has 0 radical (unpaired) electrons. The molecule has 2 heterocycles. The summed E-state index contributed by atoms with van der Waals surface area (Å²) in [5.74, 6) is -0.760. The molecule has 7 nitrogen and oxygen atoms in total. The topological polar surface area (TPSA) is 93.1 Å². The molecule has 0 aromatic carbocycles. The van der Waals surface area contributed by atoms with Crippen LogP contribution in [-0.2, 0) is 4.79 Å². The van der Waals surface area contributed by atoms with Crippen molar-refractivity contribution in [2.24, 2.45) is 5.92 Å². The largest absolute Gasteiger partial charge is 0.480 e. The Morgan fingerprint density at radius 2 is 2.00 bits per heavy atom. The van der Waals surface area contributed by atoms with Gasteiger partial charge in [-0.3, -0.25) is 0 Å². The van der Waals surface area contributed by atoms with Crippen molar-refractivity contribution in [2.75, 3.05) is 26.7 Å². The first-order chi connectivity index (χ1) is 9.90. The second-order valence-electron chi connectivity index (χ2n) is 6.19. The molecule has 0 aliphatic carbocycles. The fraction of sp³-hybridized carbons (Fsp3) is 0.857. The zero-order valence-electron chi connectivity index (χ0n) is 12.7. The number of hydrogen-bond donors (Lipinski definition) is 3. The highest BCUT2D eigenvalue weighted by Crippen LogP contribution is 2.29. The van der Waals surface area contributed by atoms with E-state index in [0.29, 0.717) is 25.0 Å². The number of piperidine rings is 2. The maximum atomic E-state index is 12.2. The first-order valence-electron chi connectivity index (χ1n) is 7.56. The molecule has 120 valence electrons. The number of carbonyl (C=O) groups excluding carboxylic acids is 1. The predicted octanol–water partition coefficient (Wildman–Crippen LogP) is -0.0539. The maximum absolute atomic E-state index is 12.2. The van der Waals surface area contributed by atoms with Crippen LogP contribution in [0, 0.1) is 5.92 Å². The summed E-state index contributed by atoms with van der Waals surface area (Å²) in [5.41, 5.74) is 0. The van der Waals surface area contributed by atoms with Crippen LogP contribution in [0.15, 0.2) is 0 Å². The van der Waals surface area contributed by atoms with Gasteiger partial charge in [-0.05, 0) is 45.7 Å². The quantitative estimate of drug-likeness (QED) is 0.679. The molecule has 2 aliphatic rings. The van der Waals surface area contributed by atoms with Gasteiger partial charge >= 0.3 is 12.0 Å². The third kappa shape index (κ3) is 3.65. The van der Waals surface area contributed by atoms with Crippen molar-refractivity contribution < 1.29 is 19.8 Å². The average molecular weight is 299 g/mol. The van der Waals surface area contributed by atoms with E-state index in [9.17, 15) is 14.7 Å². The Balaban J connectivity index is 1.93. The van der Waals surface area contributed by atoms with Crippen molar-refractivity contribution in [3.63, 3.8) is 0 Å². The van der Waals surface area contributed by atoms with Crippen LogP contribution in [0.2, 0.25) is 0 Å². The summed E-state index contributed by atoms with van der Waals surface area (Å²) in [6.07, 6.45) is 2.04. The molecule has 2 fully saturated rings. The van der Waals surface area contributed by atoms with Crippen LogP contribution in [-0.4, -0.2) is 76.9 Å². The SMILES string of the molecule is CC(O)C(NC(=O)N1CCC2C(CCCN2C)C1)C(=O)O. The van der Waals surface area contributed by atoms with Crippen molar-refractivity contribution in [1.29, 1.82) is 0 Å². The normalized spacial score (nSPS) is 29.4. The number of nitrogens with zero attached hydrogens (tertiary/aromatic N) is 2. The van der Waals surface area contributed by atoms with Gasteiger partial charge in [0.05, 0.1) is 6.10 Å². The minimum Gasteiger partial charge on any atom is -0.480 e. The molecule has 3 N–H and O–H groups in total. The monoisotopic (exact) mass is 299 g/mol. The second kappa shape index (κ2) is 6.62. The van der Waals surface area contributed by atoms with Gasteiger partial charge in [-0.1, -0.05) is 0 Å². The van der Waals surface area contributed by atoms with Gasteiger partial charge in [-0.2, -0.15) is 0 Å². The highest BCUT2D eigenvalue weighted by molar-refractivity contribution is 5.83. The molecule has 0 aromatic rings. The Morgan fingerprint density at radius 3 is 2.62 bits per heavy atom. The number of likely N-dealkylation sites (tertiary alicyclic amines) is 2. The van der Waals surface area contributed by atoms with E-state index in [4.69, 9.17) is 5.11 Å². The summed E-state index contributed by atoms with van der Waals surface area (Å²) in [5, 5.41) is 20.9. The number of hydrogen-bond acceptors (Lipinski definition) is 4. The van der Waals surface area contributed by atoms with Gasteiger partial charge in [0.15, 0.2) is 6.04 Å². The van der Waals surface area contributed by atoms with Gasteiger partial charge in [-0.15, -0.1) is 0 Å². The number of fused-ring (bicyclic) bond motifs is 1. The molecule has 7 heteroatoms. The number of carboxylic acids is 1. The van der Waals surface area contributed by atoms with Crippen molar-refractivity contribution in [3.8, 4) is 0 Å². The van der Waals surface area contributed by atoms with Crippen molar-refractivity contribution in [1.82, 2.24) is 15.1 Å². The third-order valence-corrected chi connectivity index (χ3v) is 4.66. The van der Waals surface area contributed by atoms with Crippen LogP contribution >= 0.6 is 0 Å². The Kier molecular flexibility index (Phi) is 5.05. The molecule has 21 heavy (non-hydrogen) atoms. The van der Waals surface area contributed by atoms with Gasteiger partial charge in [-0.25, -0.2) is 9.59 Å². The molecular formula is C14H25N3O4. The molecule has 2 rings (SSSR count). The second-order valence-corrected chi connectivity index (χ2v) is 6.19. The molecule has 2 amide bonds. The molecular weight excluding hydrogens is 274 g/mol. The average Bonchev–Trinajstić information content (AvgIpc) is 2.43. The smallest absolute Gasteiger partial charge is 0.328 e. The fourth-order valence-electron chi connectivity index (χ4n) is 3.45. The number of amides is 2. The lowest BCUT2D eigenvalue weighted by Gasteiger charge is -2.46. The number of nitrogens with one attached hydrogen (secondary N) is 1. The summed E-state index contributed by atoms with van der Waals surface area (Å²) in [4.78, 5) is 27.3. The first kappa shape index (κ1) is 16.0. The molecule has 0 aromatic heterocycles. The summed E-state index contributed by atoms with van der Waals surface area (Å²) in [7, 11) is 2.13. The van der Waals surface area contributed by atoms with Gasteiger partial charge < -0.3 is 25.3 Å². The third-order valence-electron chi connectivity index (χ3n) is 4.66. The fourth-order valence-corrected chi connectivity index (χ4v) is 3.45. The molecule has 4 unspecified atom stereocenters. The van der Waals surface area contributed by atoms with Crippen LogP contribution in [0.25, 0.3) is 0 Å². The van der Waals surface area contributed by atoms with E-state index in [-0.39, 0.29) is 0 Å². The predicted molar refractivity (Wildman–Crippen MR) is 77.0 cm³/mol. The van der Waals surface area contributed by atoms with Gasteiger partial charge in [0.2, 0.25) is 0 Å². The Bertz CT molecular complexity index is 402. The summed E-state index contributed by atoms with van der Waals surface area (Å²) in [6, 6.07) is -1.13. The molecule has 0 saturated carbocycles. The summed E-state index contributed by atoms with van der Waals surface area (Å²) in [6.45, 7) is 3.76. The minimum atomic E-state index is -1.26. The lowest BCUT2D eigenvalue weighted by atomic mass is 9.84. The Labute approximate surface area is 124 Å². The van der Waals surface area contributed by atoms with Crippen molar-refractivity contribution >= 4 is 12.0 Å². The summed E-state index contributed by atoms with van der Waals surface area (Å²) < 4.78 is 0. The zero-order valence-corrected chi connectivity index (χ0v) is 12.7. The van der Waals surface area contributed by atoms with Gasteiger partial charge in [0.25, 0.3) is 0 Å². The molecule has 2 aliphatic heterocycles. The van der Waals surface area contributed by atoms with E-state index < -0.39 is 24.1 Å². The summed E-state index contributed by atoms with van der Waals surface area (Å²) >= 11 is 0. The number of aliphatic hydroxyl groups is 1. The highest BCUT2D eigenvalue weighted by Gasteiger charge is 2.36. The lowest BCUT2D eigenvalue weighted by molar-refractivity contribution is -0.141. The maximum Gasteiger partial charge on any atom is 0.328 e. The Hall–Kier alpha value is -1.34. The minimum absolute atomic E-state index is 0.394. The number of urea groups is 1. The molecule has 0 spiro atoms. The van der Waals surface area contributed by atoms with E-state index >= 15 is 0 Å². The van der Waals surface area contributed by atoms with Gasteiger partial charge in [0, 0.05) is 19.1 Å². The standard InChI is InChI=1S/C14H25N3O4/c1-9(18)12(13(19)20)15-14(21)17-7-5-11-10(8-17)4-3-6-16(11)2/h9-12,18H,3-8H2,1-2H3,(H,15,21)(H,19,20).